The monoisotopic (exact) mass is 434 g/mol. The molecule has 0 bridgehead atoms. The molecule has 1 saturated heterocycles. The van der Waals surface area contributed by atoms with Gasteiger partial charge in [0.15, 0.2) is 5.96 Å². The van der Waals surface area contributed by atoms with E-state index in [2.05, 4.69) is 27.4 Å². The first-order valence-electron chi connectivity index (χ1n) is 8.16. The van der Waals surface area contributed by atoms with Crippen molar-refractivity contribution in [1.29, 1.82) is 0 Å². The summed E-state index contributed by atoms with van der Waals surface area (Å²) in [5, 5.41) is 6.55. The normalized spacial score (nSPS) is 19.1. The van der Waals surface area contributed by atoms with Gasteiger partial charge in [-0.05, 0) is 32.0 Å². The zero-order valence-electron chi connectivity index (χ0n) is 14.0. The molecule has 23 heavy (non-hydrogen) atoms. The topological polar surface area (TPSA) is 39.7 Å². The highest BCUT2D eigenvalue weighted by Gasteiger charge is 2.20. The molecule has 1 heterocycles. The number of piperidine rings is 1. The Morgan fingerprint density at radius 1 is 1.30 bits per heavy atom. The van der Waals surface area contributed by atoms with Gasteiger partial charge < -0.3 is 10.6 Å². The first-order valence-corrected chi connectivity index (χ1v) is 8.16. The van der Waals surface area contributed by atoms with Gasteiger partial charge in [-0.15, -0.1) is 24.0 Å². The summed E-state index contributed by atoms with van der Waals surface area (Å²) in [7, 11) is 1.75. The third-order valence-electron chi connectivity index (χ3n) is 4.29. The van der Waals surface area contributed by atoms with Gasteiger partial charge in [0.25, 0.3) is 0 Å². The number of nitrogens with zero attached hydrogens (tertiary/aromatic N) is 2. The molecule has 4 nitrogen and oxygen atoms in total. The van der Waals surface area contributed by atoms with Crippen LogP contribution in [0.4, 0.5) is 4.39 Å². The Bertz CT molecular complexity index is 495. The summed E-state index contributed by atoms with van der Waals surface area (Å²) < 4.78 is 13.6. The summed E-state index contributed by atoms with van der Waals surface area (Å²) in [5.41, 5.74) is 0.651. The minimum atomic E-state index is -0.185. The van der Waals surface area contributed by atoms with E-state index in [-0.39, 0.29) is 29.8 Å². The third-order valence-corrected chi connectivity index (χ3v) is 4.29. The van der Waals surface area contributed by atoms with Crippen LogP contribution in [0.5, 0.6) is 0 Å². The molecule has 1 aromatic carbocycles. The minimum Gasteiger partial charge on any atom is -0.355 e. The average Bonchev–Trinajstić information content (AvgIpc) is 2.56. The molecular formula is C17H28FIN4. The molecule has 6 heteroatoms. The van der Waals surface area contributed by atoms with Gasteiger partial charge in [0.2, 0.25) is 0 Å². The molecule has 1 atom stereocenters. The maximum Gasteiger partial charge on any atom is 0.191 e. The zero-order chi connectivity index (χ0) is 15.8. The molecule has 1 unspecified atom stereocenters. The van der Waals surface area contributed by atoms with Crippen molar-refractivity contribution >= 4 is 29.9 Å². The van der Waals surface area contributed by atoms with Crippen molar-refractivity contribution < 1.29 is 4.39 Å². The van der Waals surface area contributed by atoms with Crippen molar-refractivity contribution in [3.05, 3.63) is 35.6 Å². The number of rotatable bonds is 5. The van der Waals surface area contributed by atoms with Gasteiger partial charge in [0.05, 0.1) is 0 Å². The lowest BCUT2D eigenvalue weighted by Crippen LogP contribution is -2.48. The number of hydrogen-bond acceptors (Lipinski definition) is 2. The second-order valence-electron chi connectivity index (χ2n) is 5.68. The van der Waals surface area contributed by atoms with Gasteiger partial charge in [-0.1, -0.05) is 31.5 Å². The van der Waals surface area contributed by atoms with Gasteiger partial charge in [0.1, 0.15) is 5.82 Å². The van der Waals surface area contributed by atoms with Crippen LogP contribution >= 0.6 is 24.0 Å². The highest BCUT2D eigenvalue weighted by Crippen LogP contribution is 2.15. The van der Waals surface area contributed by atoms with Crippen LogP contribution in [0.1, 0.15) is 31.7 Å². The van der Waals surface area contributed by atoms with Crippen molar-refractivity contribution in [2.75, 3.05) is 26.7 Å². The Morgan fingerprint density at radius 2 is 2.09 bits per heavy atom. The van der Waals surface area contributed by atoms with Crippen LogP contribution in [0.2, 0.25) is 0 Å². The second kappa shape index (κ2) is 10.8. The predicted octanol–water partition coefficient (Wildman–Crippen LogP) is 2.98. The van der Waals surface area contributed by atoms with E-state index in [4.69, 9.17) is 0 Å². The van der Waals surface area contributed by atoms with Gasteiger partial charge in [-0.2, -0.15) is 0 Å². The largest absolute Gasteiger partial charge is 0.355 e. The van der Waals surface area contributed by atoms with Crippen molar-refractivity contribution in [3.63, 3.8) is 0 Å². The second-order valence-corrected chi connectivity index (χ2v) is 5.68. The zero-order valence-corrected chi connectivity index (χ0v) is 16.3. The lowest BCUT2D eigenvalue weighted by molar-refractivity contribution is 0.157. The van der Waals surface area contributed by atoms with E-state index in [9.17, 15) is 4.39 Å². The Kier molecular flexibility index (Phi) is 9.47. The van der Waals surface area contributed by atoms with Crippen LogP contribution in [-0.4, -0.2) is 43.6 Å². The maximum absolute atomic E-state index is 13.6. The number of likely N-dealkylation sites (tertiary alicyclic amines) is 1. The summed E-state index contributed by atoms with van der Waals surface area (Å²) in [6.07, 6.45) is 3.82. The molecule has 1 aromatic rings. The first-order chi connectivity index (χ1) is 10.7. The fourth-order valence-electron chi connectivity index (χ4n) is 2.96. The molecule has 0 saturated carbocycles. The lowest BCUT2D eigenvalue weighted by Gasteiger charge is -2.35. The number of guanidine groups is 1. The van der Waals surface area contributed by atoms with Crippen LogP contribution in [0.25, 0.3) is 0 Å². The highest BCUT2D eigenvalue weighted by molar-refractivity contribution is 14.0. The molecule has 0 radical (unpaired) electrons. The number of likely N-dealkylation sites (N-methyl/N-ethyl adjacent to an activating group) is 1. The van der Waals surface area contributed by atoms with E-state index in [0.717, 1.165) is 19.0 Å². The molecular weight excluding hydrogens is 406 g/mol. The fourth-order valence-corrected chi connectivity index (χ4v) is 2.96. The van der Waals surface area contributed by atoms with E-state index < -0.39 is 0 Å². The van der Waals surface area contributed by atoms with Crippen molar-refractivity contribution in [3.8, 4) is 0 Å². The standard InChI is InChI=1S/C17H27FN4.HI/c1-3-22-11-7-6-9-15(22)13-21-17(19-2)20-12-14-8-4-5-10-16(14)18;/h4-5,8,10,15H,3,6-7,9,11-13H2,1-2H3,(H2,19,20,21);1H. The number of halogens is 2. The molecule has 0 aliphatic carbocycles. The average molecular weight is 434 g/mol. The summed E-state index contributed by atoms with van der Waals surface area (Å²) in [4.78, 5) is 6.74. The summed E-state index contributed by atoms with van der Waals surface area (Å²) >= 11 is 0. The molecule has 1 aliphatic heterocycles. The maximum atomic E-state index is 13.6. The Balaban J connectivity index is 0.00000264. The molecule has 0 amide bonds. The van der Waals surface area contributed by atoms with Crippen LogP contribution in [0.3, 0.4) is 0 Å². The number of benzene rings is 1. The summed E-state index contributed by atoms with van der Waals surface area (Å²) in [6.45, 7) is 5.81. The van der Waals surface area contributed by atoms with Crippen LogP contribution in [0.15, 0.2) is 29.3 Å². The van der Waals surface area contributed by atoms with E-state index >= 15 is 0 Å². The van der Waals surface area contributed by atoms with Crippen LogP contribution < -0.4 is 10.6 Å². The van der Waals surface area contributed by atoms with Crippen LogP contribution in [-0.2, 0) is 6.54 Å². The summed E-state index contributed by atoms with van der Waals surface area (Å²) in [5.74, 6) is 0.541. The summed E-state index contributed by atoms with van der Waals surface area (Å²) in [6, 6.07) is 7.38. The Hall–Kier alpha value is -0.890. The first kappa shape index (κ1) is 20.2. The van der Waals surface area contributed by atoms with Gasteiger partial charge in [-0.25, -0.2) is 4.39 Å². The third kappa shape index (κ3) is 6.25. The molecule has 1 aliphatic rings. The highest BCUT2D eigenvalue weighted by atomic mass is 127. The van der Waals surface area contributed by atoms with Gasteiger partial charge in [-0.3, -0.25) is 9.89 Å². The van der Waals surface area contributed by atoms with Crippen molar-refractivity contribution in [1.82, 2.24) is 15.5 Å². The molecule has 0 spiro atoms. The Morgan fingerprint density at radius 3 is 2.78 bits per heavy atom. The molecule has 2 rings (SSSR count). The number of nitrogens with one attached hydrogen (secondary N) is 2. The molecule has 2 N–H and O–H groups in total. The smallest absolute Gasteiger partial charge is 0.191 e. The number of hydrogen-bond donors (Lipinski definition) is 2. The van der Waals surface area contributed by atoms with Gasteiger partial charge in [0, 0.05) is 31.7 Å². The van der Waals surface area contributed by atoms with Crippen molar-refractivity contribution in [2.45, 2.75) is 38.8 Å². The van der Waals surface area contributed by atoms with Crippen LogP contribution in [0, 0.1) is 5.82 Å². The molecule has 130 valence electrons. The van der Waals surface area contributed by atoms with E-state index in [1.54, 1.807) is 19.2 Å². The van der Waals surface area contributed by atoms with Gasteiger partial charge >= 0.3 is 0 Å². The van der Waals surface area contributed by atoms with Crippen molar-refractivity contribution in [2.24, 2.45) is 4.99 Å². The quantitative estimate of drug-likeness (QED) is 0.425. The van der Waals surface area contributed by atoms with E-state index in [0.29, 0.717) is 18.2 Å². The van der Waals surface area contributed by atoms with E-state index in [1.807, 2.05) is 6.07 Å². The minimum absolute atomic E-state index is 0. The number of aliphatic imine (C=N–C) groups is 1. The predicted molar refractivity (Wildman–Crippen MR) is 105 cm³/mol. The van der Waals surface area contributed by atoms with E-state index in [1.165, 1.54) is 31.9 Å². The lowest BCUT2D eigenvalue weighted by atomic mass is 10.0. The molecule has 0 aromatic heterocycles. The fraction of sp³-hybridized carbons (Fsp3) is 0.588. The molecule has 1 fully saturated rings. The Labute approximate surface area is 156 Å². The SMILES string of the molecule is CCN1CCCCC1CNC(=NC)NCc1ccccc1F.I.